The van der Waals surface area contributed by atoms with E-state index in [0.29, 0.717) is 0 Å². The van der Waals surface area contributed by atoms with E-state index >= 15 is 0 Å². The van der Waals surface area contributed by atoms with Crippen molar-refractivity contribution in [3.63, 3.8) is 0 Å². The van der Waals surface area contributed by atoms with Crippen LogP contribution in [-0.4, -0.2) is 22.7 Å². The van der Waals surface area contributed by atoms with E-state index in [1.165, 1.54) is 0 Å². The highest BCUT2D eigenvalue weighted by Crippen LogP contribution is 1.82. The Bertz CT molecular complexity index is 96.6. The van der Waals surface area contributed by atoms with Crippen molar-refractivity contribution in [2.75, 3.05) is 6.54 Å². The molecule has 6 nitrogen and oxygen atoms in total. The van der Waals surface area contributed by atoms with E-state index in [9.17, 15) is 14.9 Å². The highest BCUT2D eigenvalue weighted by molar-refractivity contribution is 5.70. The minimum atomic E-state index is -1.30. The maximum atomic E-state index is 9.51. The normalized spacial score (nSPS) is 8.00. The van der Waals surface area contributed by atoms with Crippen molar-refractivity contribution in [2.45, 2.75) is 0 Å². The van der Waals surface area contributed by atoms with Gasteiger partial charge in [-0.2, -0.15) is 0 Å². The Morgan fingerprint density at radius 3 is 2.50 bits per heavy atom. The first-order valence-electron chi connectivity index (χ1n) is 1.66. The summed E-state index contributed by atoms with van der Waals surface area (Å²) in [7, 11) is 0. The summed E-state index contributed by atoms with van der Waals surface area (Å²) >= 11 is 0. The van der Waals surface area contributed by atoms with Crippen molar-refractivity contribution in [1.29, 1.82) is 0 Å². The summed E-state index contributed by atoms with van der Waals surface area (Å²) in [5.41, 5.74) is 2.45. The summed E-state index contributed by atoms with van der Waals surface area (Å²) < 4.78 is 0. The molecule has 0 aliphatic heterocycles. The predicted octanol–water partition coefficient (Wildman–Crippen LogP) is -0.364. The number of hydrogen-bond donors (Lipinski definition) is 1. The number of nitro groups is 1. The maximum absolute atomic E-state index is 9.51. The Balaban J connectivity index is 3.18. The van der Waals surface area contributed by atoms with Crippen LogP contribution in [0.1, 0.15) is 0 Å². The van der Waals surface area contributed by atoms with E-state index < -0.39 is 17.5 Å². The van der Waals surface area contributed by atoms with E-state index in [4.69, 9.17) is 5.11 Å². The fourth-order valence-corrected chi connectivity index (χ4v) is 0.118. The Morgan fingerprint density at radius 2 is 2.38 bits per heavy atom. The molecule has 0 aromatic rings. The zero-order valence-electron chi connectivity index (χ0n) is 3.77. The minimum absolute atomic E-state index is 0.771. The van der Waals surface area contributed by atoms with Crippen LogP contribution >= 0.6 is 0 Å². The van der Waals surface area contributed by atoms with Gasteiger partial charge in [-0.25, -0.2) is 0 Å². The van der Waals surface area contributed by atoms with Crippen molar-refractivity contribution < 1.29 is 14.9 Å². The molecular formula is C2H3N2O4-. The van der Waals surface area contributed by atoms with Crippen LogP contribution in [0.4, 0.5) is 0 Å². The minimum Gasteiger partial charge on any atom is -0.482 e. The Labute approximate surface area is 44.2 Å². The van der Waals surface area contributed by atoms with Crippen LogP contribution in [-0.2, 0) is 4.79 Å². The molecule has 0 aromatic heterocycles. The second-order valence-electron chi connectivity index (χ2n) is 0.931. The predicted molar refractivity (Wildman–Crippen MR) is 22.9 cm³/mol. The van der Waals surface area contributed by atoms with Gasteiger partial charge in [-0.1, -0.05) is 0 Å². The van der Waals surface area contributed by atoms with Crippen LogP contribution < -0.4 is 0 Å². The molecule has 0 heterocycles. The van der Waals surface area contributed by atoms with Gasteiger partial charge >= 0.3 is 0 Å². The zero-order valence-corrected chi connectivity index (χ0v) is 3.77. The number of nitrogens with zero attached hydrogens (tertiary/aromatic N) is 2. The lowest BCUT2D eigenvalue weighted by Crippen LogP contribution is -2.04. The third kappa shape index (κ3) is 4.67. The highest BCUT2D eigenvalue weighted by atomic mass is 16.7. The van der Waals surface area contributed by atoms with Crippen LogP contribution in [0.2, 0.25) is 0 Å². The van der Waals surface area contributed by atoms with Crippen molar-refractivity contribution in [3.8, 4) is 0 Å². The molecule has 0 saturated heterocycles. The topological polar surface area (TPSA) is 94.5 Å². The third-order valence-corrected chi connectivity index (χ3v) is 0.321. The average molecular weight is 119 g/mol. The molecule has 0 fully saturated rings. The molecule has 0 spiro atoms. The SMILES string of the molecule is O=C(O)C[N-][N+](=O)[O-]. The molecule has 0 amide bonds. The van der Waals surface area contributed by atoms with E-state index in [1.807, 2.05) is 0 Å². The summed E-state index contributed by atoms with van der Waals surface area (Å²) in [6, 6.07) is 0. The Kier molecular flexibility index (Phi) is 2.32. The number of carboxylic acid groups (broad SMARTS) is 1. The number of rotatable bonds is 3. The number of carbonyl (C=O) groups is 1. The van der Waals surface area contributed by atoms with Crippen LogP contribution in [0, 0.1) is 10.1 Å². The fourth-order valence-electron chi connectivity index (χ4n) is 0.118. The van der Waals surface area contributed by atoms with Gasteiger partial charge in [-0.15, -0.1) is 0 Å². The molecule has 1 N–H and O–H groups in total. The highest BCUT2D eigenvalue weighted by Gasteiger charge is 1.86. The molecule has 8 heavy (non-hydrogen) atoms. The van der Waals surface area contributed by atoms with Crippen LogP contribution in [0.25, 0.3) is 5.43 Å². The molecule has 0 aromatic carbocycles. The van der Waals surface area contributed by atoms with Gasteiger partial charge in [-0.3, -0.25) is 14.9 Å². The third-order valence-electron chi connectivity index (χ3n) is 0.321. The molecule has 0 saturated carbocycles. The molecule has 6 heteroatoms. The molecule has 0 bridgehead atoms. The molecule has 0 unspecified atom stereocenters. The van der Waals surface area contributed by atoms with E-state index in [0.717, 1.165) is 0 Å². The van der Waals surface area contributed by atoms with Gasteiger partial charge in [0.25, 0.3) is 5.97 Å². The number of aliphatic carboxylic acids is 1. The summed E-state index contributed by atoms with van der Waals surface area (Å²) in [6.07, 6.45) is 0. The van der Waals surface area contributed by atoms with Gasteiger partial charge in [0.1, 0.15) is 0 Å². The van der Waals surface area contributed by atoms with Crippen molar-refractivity contribution in [2.24, 2.45) is 0 Å². The summed E-state index contributed by atoms with van der Waals surface area (Å²) in [5.74, 6) is -1.30. The smallest absolute Gasteiger partial charge is 0.290 e. The van der Waals surface area contributed by atoms with Gasteiger partial charge in [0.05, 0.1) is 0 Å². The lowest BCUT2D eigenvalue weighted by molar-refractivity contribution is -0.425. The molecule has 0 atom stereocenters. The molecular weight excluding hydrogens is 116 g/mol. The lowest BCUT2D eigenvalue weighted by atomic mass is 10.7. The van der Waals surface area contributed by atoms with Crippen LogP contribution in [0.15, 0.2) is 0 Å². The maximum Gasteiger partial charge on any atom is 0.290 e. The molecule has 0 aliphatic carbocycles. The monoisotopic (exact) mass is 119 g/mol. The summed E-state index contributed by atoms with van der Waals surface area (Å²) in [5, 5.41) is 16.0. The van der Waals surface area contributed by atoms with Gasteiger partial charge < -0.3 is 10.5 Å². The second-order valence-corrected chi connectivity index (χ2v) is 0.931. The summed E-state index contributed by atoms with van der Waals surface area (Å²) in [4.78, 5) is 18.8. The first-order chi connectivity index (χ1) is 3.63. The van der Waals surface area contributed by atoms with E-state index in [-0.39, 0.29) is 0 Å². The second kappa shape index (κ2) is 2.78. The Hall–Kier alpha value is -1.33. The van der Waals surface area contributed by atoms with Gasteiger partial charge in [0.15, 0.2) is 0 Å². The molecule has 46 valence electrons. The standard InChI is InChI=1S/C2H3N2O4/c5-2(6)1-3-4(7)8/h1H2,(H,5,6)/q-1. The molecule has 0 rings (SSSR count). The largest absolute Gasteiger partial charge is 0.482 e. The van der Waals surface area contributed by atoms with Gasteiger partial charge in [0.2, 0.25) is 0 Å². The van der Waals surface area contributed by atoms with Gasteiger partial charge in [-0.05, 0) is 5.03 Å². The molecule has 0 aliphatic rings. The number of hydrogen-bond acceptors (Lipinski definition) is 3. The average Bonchev–Trinajstić information content (AvgIpc) is 1.61. The zero-order chi connectivity index (χ0) is 6.57. The quantitative estimate of drug-likeness (QED) is 0.405. The number of carboxylic acids is 1. The van der Waals surface area contributed by atoms with Crippen molar-refractivity contribution in [3.05, 3.63) is 15.5 Å². The van der Waals surface area contributed by atoms with Gasteiger partial charge in [0, 0.05) is 6.54 Å². The van der Waals surface area contributed by atoms with E-state index in [1.54, 1.807) is 0 Å². The Morgan fingerprint density at radius 1 is 1.88 bits per heavy atom. The molecule has 0 radical (unpaired) electrons. The van der Waals surface area contributed by atoms with Crippen LogP contribution in [0.3, 0.4) is 0 Å². The first kappa shape index (κ1) is 6.67. The van der Waals surface area contributed by atoms with E-state index in [2.05, 4.69) is 5.43 Å². The van der Waals surface area contributed by atoms with Crippen LogP contribution in [0.5, 0.6) is 0 Å². The summed E-state index contributed by atoms with van der Waals surface area (Å²) in [6.45, 7) is -0.771. The van der Waals surface area contributed by atoms with Crippen molar-refractivity contribution >= 4 is 5.97 Å². The first-order valence-corrected chi connectivity index (χ1v) is 1.66. The lowest BCUT2D eigenvalue weighted by Gasteiger charge is -2.01. The van der Waals surface area contributed by atoms with Crippen molar-refractivity contribution in [1.82, 2.24) is 0 Å². The fraction of sp³-hybridized carbons (Fsp3) is 0.500.